The summed E-state index contributed by atoms with van der Waals surface area (Å²) in [5, 5.41) is 0.623. The lowest BCUT2D eigenvalue weighted by molar-refractivity contribution is -0.437. The lowest BCUT2D eigenvalue weighted by atomic mass is 9.96. The van der Waals surface area contributed by atoms with Gasteiger partial charge in [-0.05, 0) is 64.3 Å². The fraction of sp³-hybridized carbons (Fsp3) is 0.385. The van der Waals surface area contributed by atoms with E-state index in [1.165, 1.54) is 45.0 Å². The number of aryl methyl sites for hydroxylation is 2. The third kappa shape index (κ3) is 7.14. The number of likely N-dealkylation sites (N-methyl/N-ethyl adjacent to an activating group) is 1. The van der Waals surface area contributed by atoms with E-state index in [-0.39, 0.29) is 25.2 Å². The molecule has 1 saturated heterocycles. The van der Waals surface area contributed by atoms with Crippen molar-refractivity contribution in [3.8, 4) is 0 Å². The van der Waals surface area contributed by atoms with Crippen LogP contribution in [-0.2, 0) is 19.2 Å². The molecule has 2 aromatic carbocycles. The van der Waals surface area contributed by atoms with Crippen LogP contribution in [-0.4, -0.2) is 46.2 Å². The lowest BCUT2D eigenvalue weighted by Gasteiger charge is -2.20. The summed E-state index contributed by atoms with van der Waals surface area (Å²) in [5.74, 6) is -0.775. The predicted molar refractivity (Wildman–Crippen MR) is 183 cm³/mol. The van der Waals surface area contributed by atoms with E-state index in [1.807, 2.05) is 0 Å². The Kier molecular flexibility index (Phi) is 10.5. The molecule has 3 heterocycles. The molecule has 0 aromatic heterocycles. The minimum Gasteiger partial charge on any atom is -0.345 e. The number of anilines is 1. The van der Waals surface area contributed by atoms with Crippen molar-refractivity contribution in [1.82, 2.24) is 5.06 Å². The lowest BCUT2D eigenvalue weighted by Crippen LogP contribution is -2.31. The minimum absolute atomic E-state index is 0.103. The van der Waals surface area contributed by atoms with Crippen molar-refractivity contribution < 1.29 is 23.8 Å². The van der Waals surface area contributed by atoms with Gasteiger partial charge in [0.2, 0.25) is 5.69 Å². The van der Waals surface area contributed by atoms with Crippen molar-refractivity contribution in [1.29, 1.82) is 0 Å². The first-order chi connectivity index (χ1) is 22.2. The molecular weight excluding hydrogens is 574 g/mol. The van der Waals surface area contributed by atoms with Crippen LogP contribution in [0.3, 0.4) is 0 Å². The van der Waals surface area contributed by atoms with E-state index in [9.17, 15) is 14.4 Å². The predicted octanol–water partition coefficient (Wildman–Crippen LogP) is 7.87. The smallest absolute Gasteiger partial charge is 0.333 e. The van der Waals surface area contributed by atoms with Crippen LogP contribution in [0.1, 0.15) is 93.4 Å². The van der Waals surface area contributed by atoms with Crippen molar-refractivity contribution in [3.05, 3.63) is 107 Å². The van der Waals surface area contributed by atoms with Gasteiger partial charge >= 0.3 is 5.97 Å². The summed E-state index contributed by atoms with van der Waals surface area (Å²) in [6.45, 7) is 12.8. The van der Waals surface area contributed by atoms with Gasteiger partial charge in [-0.25, -0.2) is 4.79 Å². The summed E-state index contributed by atoms with van der Waals surface area (Å²) in [5.41, 5.74) is 10.4. The standard InChI is InChI=1S/C39H46N3O4/c1-6-40-33(29(4)31-25-27(2)18-20-35(31)40)15-11-8-7-9-12-16-34-30(5)32-26-28(3)19-21-36(32)41(34)24-14-10-13-17-39(45)46-42-37(43)22-23-38(42)44/h7-9,11-12,15-16,18-21,25-26,29-30H,6,10,13-14,17,22-24H2,1-5H3/q+1/t29-,30+/m1/s1. The number of carbonyl (C=O) groups excluding carboxylic acids is 3. The first kappa shape index (κ1) is 32.9. The molecule has 0 aliphatic carbocycles. The van der Waals surface area contributed by atoms with E-state index in [2.05, 4.69) is 123 Å². The third-order valence-electron chi connectivity index (χ3n) is 9.15. The van der Waals surface area contributed by atoms with Crippen molar-refractivity contribution >= 4 is 34.9 Å². The van der Waals surface area contributed by atoms with Gasteiger partial charge in [0.25, 0.3) is 11.8 Å². The Hall–Kier alpha value is -4.52. The number of fused-ring (bicyclic) bond motifs is 2. The Bertz CT molecular complexity index is 1640. The SMILES string of the molecule is CCN1C(=CC=CC=CC=CC2=[N+](CCCCCC(=O)ON3C(=O)CCC3=O)c3ccc(C)cc3[C@@H]2C)[C@H](C)c2cc(C)ccc21. The van der Waals surface area contributed by atoms with Gasteiger partial charge in [-0.1, -0.05) is 66.6 Å². The molecule has 7 nitrogen and oxygen atoms in total. The van der Waals surface area contributed by atoms with Crippen LogP contribution < -0.4 is 4.90 Å². The number of rotatable bonds is 12. The molecule has 240 valence electrons. The van der Waals surface area contributed by atoms with E-state index in [0.29, 0.717) is 17.4 Å². The number of hydrogen-bond acceptors (Lipinski definition) is 5. The van der Waals surface area contributed by atoms with Gasteiger partial charge in [0.15, 0.2) is 5.71 Å². The van der Waals surface area contributed by atoms with E-state index >= 15 is 0 Å². The molecule has 2 aromatic rings. The van der Waals surface area contributed by atoms with Crippen LogP contribution in [0.5, 0.6) is 0 Å². The van der Waals surface area contributed by atoms with E-state index < -0.39 is 17.8 Å². The second kappa shape index (κ2) is 14.7. The molecule has 7 heteroatoms. The van der Waals surface area contributed by atoms with Crippen LogP contribution in [0, 0.1) is 13.8 Å². The summed E-state index contributed by atoms with van der Waals surface area (Å²) in [4.78, 5) is 43.0. The average molecular weight is 621 g/mol. The highest BCUT2D eigenvalue weighted by Gasteiger charge is 2.35. The monoisotopic (exact) mass is 620 g/mol. The van der Waals surface area contributed by atoms with Gasteiger partial charge in [-0.2, -0.15) is 4.58 Å². The summed E-state index contributed by atoms with van der Waals surface area (Å²) in [6.07, 6.45) is 17.7. The molecule has 0 radical (unpaired) electrons. The van der Waals surface area contributed by atoms with Crippen molar-refractivity contribution in [3.63, 3.8) is 0 Å². The van der Waals surface area contributed by atoms with Gasteiger partial charge in [0, 0.05) is 67.2 Å². The van der Waals surface area contributed by atoms with Gasteiger partial charge in [0.05, 0.1) is 5.92 Å². The number of benzene rings is 2. The summed E-state index contributed by atoms with van der Waals surface area (Å²) in [7, 11) is 0. The molecule has 0 saturated carbocycles. The zero-order valence-corrected chi connectivity index (χ0v) is 27.8. The number of carbonyl (C=O) groups is 3. The zero-order chi connectivity index (χ0) is 32.8. The average Bonchev–Trinajstić information content (AvgIpc) is 3.59. The summed E-state index contributed by atoms with van der Waals surface area (Å²) in [6, 6.07) is 13.4. The molecule has 0 spiro atoms. The zero-order valence-electron chi connectivity index (χ0n) is 27.8. The number of nitrogens with zero attached hydrogens (tertiary/aromatic N) is 3. The maximum absolute atomic E-state index is 12.2. The normalized spacial score (nSPS) is 20.4. The maximum Gasteiger partial charge on any atom is 0.333 e. The highest BCUT2D eigenvalue weighted by molar-refractivity contribution is 6.01. The van der Waals surface area contributed by atoms with Crippen LogP contribution in [0.15, 0.2) is 84.6 Å². The highest BCUT2D eigenvalue weighted by Crippen LogP contribution is 2.43. The molecule has 3 aliphatic heterocycles. The summed E-state index contributed by atoms with van der Waals surface area (Å²) >= 11 is 0. The third-order valence-corrected chi connectivity index (χ3v) is 9.15. The van der Waals surface area contributed by atoms with Gasteiger partial charge in [-0.15, -0.1) is 5.06 Å². The Labute approximate surface area is 273 Å². The van der Waals surface area contributed by atoms with Crippen LogP contribution in [0.25, 0.3) is 0 Å². The molecule has 0 bridgehead atoms. The van der Waals surface area contributed by atoms with Crippen molar-refractivity contribution in [2.75, 3.05) is 18.0 Å². The Balaban J connectivity index is 1.19. The van der Waals surface area contributed by atoms with Gasteiger partial charge in [-0.3, -0.25) is 9.59 Å². The minimum atomic E-state index is -0.535. The number of amides is 2. The second-order valence-electron chi connectivity index (χ2n) is 12.5. The second-order valence-corrected chi connectivity index (χ2v) is 12.5. The van der Waals surface area contributed by atoms with Crippen molar-refractivity contribution in [2.45, 2.75) is 85.0 Å². The number of hydroxylamine groups is 2. The van der Waals surface area contributed by atoms with E-state index in [1.54, 1.807) is 0 Å². The Morgan fingerprint density at radius 1 is 0.870 bits per heavy atom. The number of hydrogen-bond donors (Lipinski definition) is 0. The summed E-state index contributed by atoms with van der Waals surface area (Å²) < 4.78 is 2.39. The van der Waals surface area contributed by atoms with Gasteiger partial charge in [0.1, 0.15) is 6.54 Å². The van der Waals surface area contributed by atoms with E-state index in [4.69, 9.17) is 4.84 Å². The fourth-order valence-electron chi connectivity index (χ4n) is 6.69. The molecule has 2 amide bonds. The fourth-order valence-corrected chi connectivity index (χ4v) is 6.69. The molecule has 5 rings (SSSR count). The number of unbranched alkanes of at least 4 members (excludes halogenated alkanes) is 2. The van der Waals surface area contributed by atoms with E-state index in [0.717, 1.165) is 25.9 Å². The first-order valence-electron chi connectivity index (χ1n) is 16.6. The topological polar surface area (TPSA) is 69.9 Å². The largest absolute Gasteiger partial charge is 0.345 e. The number of imide groups is 1. The molecule has 1 fully saturated rings. The quantitative estimate of drug-likeness (QED) is 0.105. The first-order valence-corrected chi connectivity index (χ1v) is 16.6. The van der Waals surface area contributed by atoms with Crippen LogP contribution in [0.4, 0.5) is 11.4 Å². The molecule has 3 aliphatic rings. The molecule has 0 unspecified atom stereocenters. The van der Waals surface area contributed by atoms with Gasteiger partial charge < -0.3 is 9.74 Å². The molecule has 2 atom stereocenters. The molecule has 46 heavy (non-hydrogen) atoms. The highest BCUT2D eigenvalue weighted by atomic mass is 16.7. The van der Waals surface area contributed by atoms with Crippen LogP contribution >= 0.6 is 0 Å². The number of allylic oxidation sites excluding steroid dienone is 8. The maximum atomic E-state index is 12.2. The Morgan fingerprint density at radius 3 is 2.28 bits per heavy atom. The van der Waals surface area contributed by atoms with Crippen LogP contribution in [0.2, 0.25) is 0 Å². The Morgan fingerprint density at radius 2 is 1.54 bits per heavy atom. The molecular formula is C39H46N3O4+. The molecule has 0 N–H and O–H groups in total. The van der Waals surface area contributed by atoms with Crippen molar-refractivity contribution in [2.24, 2.45) is 0 Å².